The number of hydrogen-bond donors (Lipinski definition) is 4. The van der Waals surface area contributed by atoms with Gasteiger partial charge in [-0.15, -0.1) is 0 Å². The molecule has 0 bridgehead atoms. The third kappa shape index (κ3) is 13.7. The van der Waals surface area contributed by atoms with Gasteiger partial charge in [-0.3, -0.25) is 0 Å². The van der Waals surface area contributed by atoms with Crippen molar-refractivity contribution in [1.82, 2.24) is 4.90 Å². The minimum atomic E-state index is -1.21. The molecule has 0 aromatic heterocycles. The maximum Gasteiger partial charge on any atom is 0.0856 e. The summed E-state index contributed by atoms with van der Waals surface area (Å²) in [5, 5.41) is 25.0. The summed E-state index contributed by atoms with van der Waals surface area (Å²) in [6.07, 6.45) is 5.50. The number of nitrogens with zero attached hydrogens (tertiary/aromatic N) is 1. The van der Waals surface area contributed by atoms with Crippen molar-refractivity contribution in [3.63, 3.8) is 0 Å². The molecular weight excluding hydrogens is 220 g/mol. The van der Waals surface area contributed by atoms with Crippen molar-refractivity contribution in [3.8, 4) is 0 Å². The lowest BCUT2D eigenvalue weighted by Crippen LogP contribution is -2.50. The molecule has 0 amide bonds. The van der Waals surface area contributed by atoms with Crippen LogP contribution in [0.2, 0.25) is 0 Å². The second-order valence-corrected chi connectivity index (χ2v) is 4.70. The van der Waals surface area contributed by atoms with Crippen molar-refractivity contribution >= 4 is 0 Å². The van der Waals surface area contributed by atoms with Crippen LogP contribution in [0.5, 0.6) is 0 Å². The van der Waals surface area contributed by atoms with Crippen LogP contribution < -0.4 is 5.73 Å². The van der Waals surface area contributed by atoms with Gasteiger partial charge in [-0.05, 0) is 27.1 Å². The van der Waals surface area contributed by atoms with Gasteiger partial charge in [-0.1, -0.05) is 26.2 Å². The minimum Gasteiger partial charge on any atom is -0.394 e. The molecule has 0 saturated heterocycles. The zero-order valence-corrected chi connectivity index (χ0v) is 11.5. The third-order valence-corrected chi connectivity index (χ3v) is 2.40. The summed E-state index contributed by atoms with van der Waals surface area (Å²) in [7, 11) is 4.26. The molecule has 0 fully saturated rings. The standard InChI is InChI=1S/C8H19N.C4H11NO3/c1-4-5-6-7-8-9(2)3;5-4(1-6,2-7)3-8/h4-8H2,1-3H3;6-8H,1-3,5H2. The fourth-order valence-electron chi connectivity index (χ4n) is 1.00. The number of aliphatic hydroxyl groups excluding tert-OH is 3. The third-order valence-electron chi connectivity index (χ3n) is 2.40. The van der Waals surface area contributed by atoms with E-state index in [9.17, 15) is 0 Å². The van der Waals surface area contributed by atoms with Gasteiger partial charge in [0.05, 0.1) is 25.4 Å². The van der Waals surface area contributed by atoms with Crippen molar-refractivity contribution in [2.45, 2.75) is 38.1 Å². The van der Waals surface area contributed by atoms with Gasteiger partial charge in [0.1, 0.15) is 0 Å². The van der Waals surface area contributed by atoms with Gasteiger partial charge in [0.15, 0.2) is 0 Å². The molecule has 106 valence electrons. The predicted molar refractivity (Wildman–Crippen MR) is 70.9 cm³/mol. The van der Waals surface area contributed by atoms with Gasteiger partial charge in [0, 0.05) is 0 Å². The lowest BCUT2D eigenvalue weighted by atomic mass is 10.1. The molecule has 0 aromatic carbocycles. The molecular formula is C12H30N2O3. The van der Waals surface area contributed by atoms with E-state index in [0.29, 0.717) is 0 Å². The van der Waals surface area contributed by atoms with Crippen LogP contribution in [-0.4, -0.2) is 66.2 Å². The minimum absolute atomic E-state index is 0.403. The Hall–Kier alpha value is -0.200. The summed E-state index contributed by atoms with van der Waals surface area (Å²) in [5.74, 6) is 0. The summed E-state index contributed by atoms with van der Waals surface area (Å²) >= 11 is 0. The molecule has 0 aliphatic rings. The maximum atomic E-state index is 8.34. The number of hydrogen-bond acceptors (Lipinski definition) is 5. The maximum absolute atomic E-state index is 8.34. The molecule has 0 radical (unpaired) electrons. The molecule has 17 heavy (non-hydrogen) atoms. The van der Waals surface area contributed by atoms with E-state index >= 15 is 0 Å². The lowest BCUT2D eigenvalue weighted by Gasteiger charge is -2.20. The van der Waals surface area contributed by atoms with Crippen molar-refractivity contribution in [1.29, 1.82) is 0 Å². The molecule has 0 atom stereocenters. The van der Waals surface area contributed by atoms with Gasteiger partial charge in [0.2, 0.25) is 0 Å². The van der Waals surface area contributed by atoms with E-state index in [4.69, 9.17) is 21.1 Å². The van der Waals surface area contributed by atoms with Crippen LogP contribution in [-0.2, 0) is 0 Å². The highest BCUT2D eigenvalue weighted by molar-refractivity contribution is 4.80. The Balaban J connectivity index is 0. The van der Waals surface area contributed by atoms with E-state index in [2.05, 4.69) is 25.9 Å². The summed E-state index contributed by atoms with van der Waals surface area (Å²) in [6.45, 7) is 2.29. The normalized spacial score (nSPS) is 11.3. The highest BCUT2D eigenvalue weighted by Crippen LogP contribution is 1.98. The average Bonchev–Trinajstić information content (AvgIpc) is 2.34. The number of aliphatic hydroxyl groups is 3. The van der Waals surface area contributed by atoms with Crippen molar-refractivity contribution in [3.05, 3.63) is 0 Å². The van der Waals surface area contributed by atoms with Crippen molar-refractivity contribution in [2.24, 2.45) is 5.73 Å². The number of rotatable bonds is 8. The first-order chi connectivity index (χ1) is 7.95. The number of nitrogens with two attached hydrogens (primary N) is 1. The molecule has 0 unspecified atom stereocenters. The van der Waals surface area contributed by atoms with E-state index < -0.39 is 25.4 Å². The Labute approximate surface area is 105 Å². The molecule has 0 spiro atoms. The first-order valence-electron chi connectivity index (χ1n) is 6.22. The van der Waals surface area contributed by atoms with E-state index in [0.717, 1.165) is 0 Å². The first kappa shape index (κ1) is 19.1. The van der Waals surface area contributed by atoms with Gasteiger partial charge in [-0.25, -0.2) is 0 Å². The van der Waals surface area contributed by atoms with Gasteiger partial charge >= 0.3 is 0 Å². The van der Waals surface area contributed by atoms with Gasteiger partial charge in [0.25, 0.3) is 0 Å². The van der Waals surface area contributed by atoms with Crippen molar-refractivity contribution in [2.75, 3.05) is 40.5 Å². The first-order valence-corrected chi connectivity index (χ1v) is 6.22. The molecule has 5 N–H and O–H groups in total. The van der Waals surface area contributed by atoms with E-state index in [1.54, 1.807) is 0 Å². The predicted octanol–water partition coefficient (Wildman–Crippen LogP) is -0.211. The molecule has 0 heterocycles. The Morgan fingerprint density at radius 3 is 1.65 bits per heavy atom. The fourth-order valence-corrected chi connectivity index (χ4v) is 1.00. The Morgan fingerprint density at radius 1 is 0.941 bits per heavy atom. The largest absolute Gasteiger partial charge is 0.394 e. The SMILES string of the molecule is CCCCCCN(C)C.NC(CO)(CO)CO. The van der Waals surface area contributed by atoms with Crippen LogP contribution in [0.4, 0.5) is 0 Å². The Morgan fingerprint density at radius 2 is 1.41 bits per heavy atom. The molecule has 0 aliphatic carbocycles. The summed E-state index contributed by atoms with van der Waals surface area (Å²) in [6, 6.07) is 0. The van der Waals surface area contributed by atoms with Crippen LogP contribution in [0.3, 0.4) is 0 Å². The van der Waals surface area contributed by atoms with Crippen LogP contribution >= 0.6 is 0 Å². The van der Waals surface area contributed by atoms with Crippen LogP contribution in [0.15, 0.2) is 0 Å². The molecule has 5 heteroatoms. The zero-order chi connectivity index (χ0) is 13.7. The highest BCUT2D eigenvalue weighted by atomic mass is 16.3. The topological polar surface area (TPSA) is 90.0 Å². The fraction of sp³-hybridized carbons (Fsp3) is 1.00. The summed E-state index contributed by atoms with van der Waals surface area (Å²) in [5.41, 5.74) is 3.94. The van der Waals surface area contributed by atoms with E-state index in [1.165, 1.54) is 32.2 Å². The van der Waals surface area contributed by atoms with Crippen LogP contribution in [0.1, 0.15) is 32.6 Å². The van der Waals surface area contributed by atoms with E-state index in [1.807, 2.05) is 0 Å². The second-order valence-electron chi connectivity index (χ2n) is 4.70. The van der Waals surface area contributed by atoms with Crippen molar-refractivity contribution < 1.29 is 15.3 Å². The Kier molecular flexibility index (Phi) is 13.8. The highest BCUT2D eigenvalue weighted by Gasteiger charge is 2.20. The summed E-state index contributed by atoms with van der Waals surface area (Å²) in [4.78, 5) is 2.25. The van der Waals surface area contributed by atoms with Gasteiger partial charge < -0.3 is 26.0 Å². The molecule has 0 rings (SSSR count). The monoisotopic (exact) mass is 250 g/mol. The lowest BCUT2D eigenvalue weighted by molar-refractivity contribution is 0.0698. The molecule has 0 aromatic rings. The van der Waals surface area contributed by atoms with Crippen LogP contribution in [0.25, 0.3) is 0 Å². The average molecular weight is 250 g/mol. The Bertz CT molecular complexity index is 142. The van der Waals surface area contributed by atoms with Crippen LogP contribution in [0, 0.1) is 0 Å². The summed E-state index contributed by atoms with van der Waals surface area (Å²) < 4.78 is 0. The smallest absolute Gasteiger partial charge is 0.0856 e. The molecule has 0 saturated carbocycles. The molecule has 5 nitrogen and oxygen atoms in total. The number of unbranched alkanes of at least 4 members (excludes halogenated alkanes) is 3. The van der Waals surface area contributed by atoms with E-state index in [-0.39, 0.29) is 0 Å². The van der Waals surface area contributed by atoms with Gasteiger partial charge in [-0.2, -0.15) is 0 Å². The quantitative estimate of drug-likeness (QED) is 0.448. The molecule has 0 aliphatic heterocycles. The second kappa shape index (κ2) is 12.3. The zero-order valence-electron chi connectivity index (χ0n) is 11.5.